The van der Waals surface area contributed by atoms with Gasteiger partial charge in [-0.1, -0.05) is 18.2 Å². The number of para-hydroxylation sites is 1. The highest BCUT2D eigenvalue weighted by atomic mass is 16.6. The molecule has 5 rings (SSSR count). The van der Waals surface area contributed by atoms with Crippen LogP contribution in [0.1, 0.15) is 28.8 Å². The van der Waals surface area contributed by atoms with Crippen molar-refractivity contribution in [2.45, 2.75) is 25.5 Å². The van der Waals surface area contributed by atoms with E-state index in [-0.39, 0.29) is 35.9 Å². The molecular formula is C25H27N5O6. The van der Waals surface area contributed by atoms with Crippen molar-refractivity contribution in [2.75, 3.05) is 49.1 Å². The zero-order valence-corrected chi connectivity index (χ0v) is 19.7. The molecule has 11 heteroatoms. The van der Waals surface area contributed by atoms with Crippen molar-refractivity contribution in [3.8, 4) is 0 Å². The molecule has 0 aliphatic carbocycles. The highest BCUT2D eigenvalue weighted by molar-refractivity contribution is 5.96. The van der Waals surface area contributed by atoms with Gasteiger partial charge in [0.25, 0.3) is 11.6 Å². The second kappa shape index (κ2) is 9.84. The number of amides is 3. The van der Waals surface area contributed by atoms with Crippen LogP contribution in [0.25, 0.3) is 0 Å². The number of carbonyl (C=O) groups excluding carboxylic acids is 3. The Morgan fingerprint density at radius 2 is 1.72 bits per heavy atom. The summed E-state index contributed by atoms with van der Waals surface area (Å²) < 4.78 is 5.36. The van der Waals surface area contributed by atoms with E-state index in [2.05, 4.69) is 0 Å². The second-order valence-electron chi connectivity index (χ2n) is 9.17. The monoisotopic (exact) mass is 493 g/mol. The lowest BCUT2D eigenvalue weighted by molar-refractivity contribution is -0.384. The summed E-state index contributed by atoms with van der Waals surface area (Å²) in [5.41, 5.74) is 2.42. The lowest BCUT2D eigenvalue weighted by atomic mass is 9.99. The van der Waals surface area contributed by atoms with Crippen molar-refractivity contribution in [3.05, 3.63) is 63.7 Å². The zero-order chi connectivity index (χ0) is 25.2. The molecule has 0 bridgehead atoms. The summed E-state index contributed by atoms with van der Waals surface area (Å²) in [4.78, 5) is 54.7. The van der Waals surface area contributed by atoms with Crippen LogP contribution in [0.3, 0.4) is 0 Å². The van der Waals surface area contributed by atoms with Crippen LogP contribution in [0.2, 0.25) is 0 Å². The predicted octanol–water partition coefficient (Wildman–Crippen LogP) is 2.63. The fourth-order valence-electron chi connectivity index (χ4n) is 5.17. The van der Waals surface area contributed by atoms with Gasteiger partial charge >= 0.3 is 6.09 Å². The van der Waals surface area contributed by atoms with Gasteiger partial charge in [0.05, 0.1) is 10.6 Å². The summed E-state index contributed by atoms with van der Waals surface area (Å²) in [5.74, 6) is -0.281. The number of fused-ring (bicyclic) bond motifs is 1. The molecule has 2 saturated heterocycles. The lowest BCUT2D eigenvalue weighted by Crippen LogP contribution is -2.49. The lowest BCUT2D eigenvalue weighted by Gasteiger charge is -2.40. The maximum Gasteiger partial charge on any atom is 0.414 e. The van der Waals surface area contributed by atoms with Crippen LogP contribution in [0.15, 0.2) is 42.5 Å². The van der Waals surface area contributed by atoms with Crippen LogP contribution in [0.4, 0.5) is 21.9 Å². The van der Waals surface area contributed by atoms with Crippen molar-refractivity contribution in [2.24, 2.45) is 0 Å². The molecule has 0 spiro atoms. The van der Waals surface area contributed by atoms with Crippen molar-refractivity contribution in [1.29, 1.82) is 0 Å². The number of piperazine rings is 1. The molecule has 0 N–H and O–H groups in total. The van der Waals surface area contributed by atoms with E-state index < -0.39 is 4.92 Å². The van der Waals surface area contributed by atoms with Gasteiger partial charge in [-0.05, 0) is 31.0 Å². The number of hydrogen-bond donors (Lipinski definition) is 0. The van der Waals surface area contributed by atoms with Crippen LogP contribution >= 0.6 is 0 Å². The number of cyclic esters (lactones) is 1. The number of benzene rings is 2. The Balaban J connectivity index is 1.30. The molecular weight excluding hydrogens is 466 g/mol. The Morgan fingerprint density at radius 3 is 2.42 bits per heavy atom. The normalized spacial score (nSPS) is 18.5. The quantitative estimate of drug-likeness (QED) is 0.357. The van der Waals surface area contributed by atoms with Crippen LogP contribution in [0, 0.1) is 10.1 Å². The van der Waals surface area contributed by atoms with Gasteiger partial charge in [-0.3, -0.25) is 24.6 Å². The number of carbonyl (C=O) groups is 3. The fourth-order valence-corrected chi connectivity index (χ4v) is 5.17. The van der Waals surface area contributed by atoms with E-state index in [0.29, 0.717) is 57.8 Å². The first kappa shape index (κ1) is 23.6. The molecule has 0 unspecified atom stereocenters. The average Bonchev–Trinajstić information content (AvgIpc) is 2.92. The smallest absolute Gasteiger partial charge is 0.414 e. The Kier molecular flexibility index (Phi) is 6.45. The fraction of sp³-hybridized carbons (Fsp3) is 0.400. The molecule has 3 heterocycles. The largest absolute Gasteiger partial charge is 0.444 e. The van der Waals surface area contributed by atoms with Gasteiger partial charge in [-0.2, -0.15) is 0 Å². The molecule has 0 saturated carbocycles. The van der Waals surface area contributed by atoms with E-state index >= 15 is 0 Å². The van der Waals surface area contributed by atoms with Gasteiger partial charge < -0.3 is 19.4 Å². The van der Waals surface area contributed by atoms with E-state index in [1.165, 1.54) is 6.07 Å². The molecule has 2 aromatic rings. The molecule has 0 aromatic heterocycles. The number of piperidine rings is 1. The molecule has 3 aliphatic heterocycles. The average molecular weight is 494 g/mol. The molecule has 2 fully saturated rings. The summed E-state index contributed by atoms with van der Waals surface area (Å²) in [6.45, 7) is 2.98. The summed E-state index contributed by atoms with van der Waals surface area (Å²) in [7, 11) is 0. The van der Waals surface area contributed by atoms with Gasteiger partial charge in [0.2, 0.25) is 6.41 Å². The predicted molar refractivity (Wildman–Crippen MR) is 131 cm³/mol. The molecule has 0 radical (unpaired) electrons. The van der Waals surface area contributed by atoms with E-state index in [1.807, 2.05) is 29.2 Å². The molecule has 188 valence electrons. The highest BCUT2D eigenvalue weighted by Gasteiger charge is 2.35. The van der Waals surface area contributed by atoms with Crippen molar-refractivity contribution < 1.29 is 24.0 Å². The van der Waals surface area contributed by atoms with Crippen LogP contribution < -0.4 is 9.80 Å². The second-order valence-corrected chi connectivity index (χ2v) is 9.17. The van der Waals surface area contributed by atoms with E-state index in [1.54, 1.807) is 26.8 Å². The number of ether oxygens (including phenoxy) is 1. The Morgan fingerprint density at radius 1 is 1.00 bits per heavy atom. The standard InChI is InChI=1S/C25H27N5O6/c31-17-26-11-13-28(14-12-26)24(32)18-5-6-22(23(15-18)30(34)35)27-9-7-20(8-10-27)29-21-4-2-1-3-19(21)16-36-25(29)33/h1-6,15,17,20H,7-14,16H2. The number of nitro benzene ring substituents is 1. The number of nitrogens with zero attached hydrogens (tertiary/aromatic N) is 5. The Labute approximate surface area is 208 Å². The minimum Gasteiger partial charge on any atom is -0.444 e. The minimum atomic E-state index is -0.458. The first-order chi connectivity index (χ1) is 17.5. The molecule has 3 amide bonds. The summed E-state index contributed by atoms with van der Waals surface area (Å²) in [6.07, 6.45) is 1.65. The van der Waals surface area contributed by atoms with E-state index in [4.69, 9.17) is 4.74 Å². The Bertz CT molecular complexity index is 1190. The van der Waals surface area contributed by atoms with Crippen molar-refractivity contribution >= 4 is 35.5 Å². The van der Waals surface area contributed by atoms with Crippen molar-refractivity contribution in [3.63, 3.8) is 0 Å². The molecule has 2 aromatic carbocycles. The van der Waals surface area contributed by atoms with Crippen molar-refractivity contribution in [1.82, 2.24) is 9.80 Å². The molecule has 3 aliphatic rings. The maximum absolute atomic E-state index is 12.9. The van der Waals surface area contributed by atoms with E-state index in [9.17, 15) is 24.5 Å². The van der Waals surface area contributed by atoms with Gasteiger partial charge in [0.1, 0.15) is 12.3 Å². The molecule has 36 heavy (non-hydrogen) atoms. The third-order valence-corrected chi connectivity index (χ3v) is 7.14. The van der Waals surface area contributed by atoms with Gasteiger partial charge in [-0.15, -0.1) is 0 Å². The van der Waals surface area contributed by atoms with Gasteiger partial charge in [0.15, 0.2) is 0 Å². The minimum absolute atomic E-state index is 0.0693. The third kappa shape index (κ3) is 4.43. The van der Waals surface area contributed by atoms with Crippen LogP contribution in [0.5, 0.6) is 0 Å². The van der Waals surface area contributed by atoms with Crippen LogP contribution in [-0.4, -0.2) is 78.4 Å². The first-order valence-electron chi connectivity index (χ1n) is 12.0. The summed E-state index contributed by atoms with van der Waals surface area (Å²) in [5, 5.41) is 11.9. The molecule has 11 nitrogen and oxygen atoms in total. The number of hydrogen-bond acceptors (Lipinski definition) is 7. The SMILES string of the molecule is O=CN1CCN(C(=O)c2ccc(N3CCC(N4C(=O)OCc5ccccc54)CC3)c([N+](=O)[O-])c2)CC1. The van der Waals surface area contributed by atoms with Crippen LogP contribution in [-0.2, 0) is 16.1 Å². The topological polar surface area (TPSA) is 117 Å². The third-order valence-electron chi connectivity index (χ3n) is 7.14. The first-order valence-corrected chi connectivity index (χ1v) is 12.0. The summed E-state index contributed by atoms with van der Waals surface area (Å²) >= 11 is 0. The maximum atomic E-state index is 12.9. The summed E-state index contributed by atoms with van der Waals surface area (Å²) in [6, 6.07) is 12.2. The van der Waals surface area contributed by atoms with Gasteiger partial charge in [-0.25, -0.2) is 4.79 Å². The number of nitro groups is 1. The Hall–Kier alpha value is -4.15. The highest BCUT2D eigenvalue weighted by Crippen LogP contribution is 2.35. The van der Waals surface area contributed by atoms with E-state index in [0.717, 1.165) is 17.7 Å². The van der Waals surface area contributed by atoms with Gasteiger partial charge in [0, 0.05) is 62.5 Å². The number of rotatable bonds is 5. The number of anilines is 2. The zero-order valence-electron chi connectivity index (χ0n) is 19.7. The molecule has 0 atom stereocenters.